The van der Waals surface area contributed by atoms with E-state index in [-0.39, 0.29) is 10.8 Å². The van der Waals surface area contributed by atoms with Crippen LogP contribution in [0.15, 0.2) is 91.0 Å². The van der Waals surface area contributed by atoms with Crippen LogP contribution in [0.4, 0.5) is 4.79 Å². The lowest BCUT2D eigenvalue weighted by atomic mass is 9.84. The summed E-state index contributed by atoms with van der Waals surface area (Å²) in [6.45, 7) is 8.06. The molecule has 0 saturated carbocycles. The van der Waals surface area contributed by atoms with Crippen LogP contribution in [0.25, 0.3) is 0 Å². The van der Waals surface area contributed by atoms with Gasteiger partial charge in [-0.1, -0.05) is 104 Å². The third-order valence-electron chi connectivity index (χ3n) is 6.44. The third kappa shape index (κ3) is 8.92. The highest BCUT2D eigenvalue weighted by molar-refractivity contribution is 8.00. The Bertz CT molecular complexity index is 972. The number of likely N-dealkylation sites (N-methyl/N-ethyl adjacent to an activating group) is 1. The maximum atomic E-state index is 12.0. The molecule has 0 aliphatic heterocycles. The van der Waals surface area contributed by atoms with Gasteiger partial charge in [-0.2, -0.15) is 0 Å². The fourth-order valence-electron chi connectivity index (χ4n) is 4.50. The zero-order chi connectivity index (χ0) is 27.3. The van der Waals surface area contributed by atoms with Crippen LogP contribution < -0.4 is 5.32 Å². The molecule has 0 unspecified atom stereocenters. The molecule has 38 heavy (non-hydrogen) atoms. The van der Waals surface area contributed by atoms with Crippen LogP contribution in [0.3, 0.4) is 0 Å². The van der Waals surface area contributed by atoms with E-state index in [9.17, 15) is 4.79 Å². The molecule has 3 aromatic carbocycles. The molecule has 3 rings (SSSR count). The average molecular weight is 533 g/mol. The Morgan fingerprint density at radius 3 is 1.68 bits per heavy atom. The minimum Gasteiger partial charge on any atom is -0.444 e. The second kappa shape index (κ2) is 15.0. The van der Waals surface area contributed by atoms with Gasteiger partial charge in [0.05, 0.1) is 4.75 Å². The Labute approximate surface area is 234 Å². The summed E-state index contributed by atoms with van der Waals surface area (Å²) in [5, 5.41) is 3.46. The van der Waals surface area contributed by atoms with Crippen molar-refractivity contribution in [2.45, 2.75) is 56.8 Å². The van der Waals surface area contributed by atoms with Crippen molar-refractivity contribution in [3.05, 3.63) is 108 Å². The third-order valence-corrected chi connectivity index (χ3v) is 8.07. The summed E-state index contributed by atoms with van der Waals surface area (Å²) >= 11 is 2.04. The number of nitrogens with one attached hydrogen (secondary N) is 1. The van der Waals surface area contributed by atoms with Crippen LogP contribution in [0, 0.1) is 0 Å². The minimum absolute atomic E-state index is 0.231. The SMILES string of the molecule is CN(CCNCCCCCCSC(c1ccccc1)(c1ccccc1)c1ccccc1)C(=O)OC(C)(C)C. The molecule has 0 radical (unpaired) electrons. The Hall–Kier alpha value is -2.76. The molecule has 0 fully saturated rings. The summed E-state index contributed by atoms with van der Waals surface area (Å²) < 4.78 is 5.17. The fraction of sp³-hybridized carbons (Fsp3) is 0.424. The summed E-state index contributed by atoms with van der Waals surface area (Å²) in [7, 11) is 1.79. The van der Waals surface area contributed by atoms with Gasteiger partial charge >= 0.3 is 6.09 Å². The van der Waals surface area contributed by atoms with E-state index in [1.165, 1.54) is 36.0 Å². The highest BCUT2D eigenvalue weighted by atomic mass is 32.2. The lowest BCUT2D eigenvalue weighted by Crippen LogP contribution is -2.38. The van der Waals surface area contributed by atoms with Gasteiger partial charge in [0.2, 0.25) is 0 Å². The molecule has 4 nitrogen and oxygen atoms in total. The van der Waals surface area contributed by atoms with Crippen molar-refractivity contribution in [3.63, 3.8) is 0 Å². The fourth-order valence-corrected chi connectivity index (χ4v) is 6.07. The van der Waals surface area contributed by atoms with Gasteiger partial charge < -0.3 is 15.0 Å². The molecule has 0 bridgehead atoms. The molecule has 5 heteroatoms. The van der Waals surface area contributed by atoms with E-state index in [0.29, 0.717) is 6.54 Å². The second-order valence-corrected chi connectivity index (χ2v) is 12.0. The van der Waals surface area contributed by atoms with E-state index >= 15 is 0 Å². The molecule has 0 heterocycles. The lowest BCUT2D eigenvalue weighted by Gasteiger charge is -2.35. The first-order valence-corrected chi connectivity index (χ1v) is 14.8. The van der Waals surface area contributed by atoms with Crippen molar-refractivity contribution in [1.29, 1.82) is 0 Å². The molecule has 0 aliphatic rings. The van der Waals surface area contributed by atoms with Crippen LogP contribution in [-0.2, 0) is 9.48 Å². The number of amides is 1. The largest absolute Gasteiger partial charge is 0.444 e. The number of hydrogen-bond donors (Lipinski definition) is 1. The summed E-state index contributed by atoms with van der Waals surface area (Å²) in [6.07, 6.45) is 4.46. The standard InChI is InChI=1S/C33H44N2O2S/c1-32(2,3)37-31(36)35(4)26-25-34-24-16-5-6-17-27-38-33(28-18-10-7-11-19-28,29-20-12-8-13-21-29)30-22-14-9-15-23-30/h7-15,18-23,34H,5-6,16-17,24-27H2,1-4H3. The predicted octanol–water partition coefficient (Wildman–Crippen LogP) is 7.73. The number of benzene rings is 3. The van der Waals surface area contributed by atoms with Crippen molar-refractivity contribution < 1.29 is 9.53 Å². The molecule has 0 atom stereocenters. The highest BCUT2D eigenvalue weighted by Gasteiger charge is 2.36. The Morgan fingerprint density at radius 2 is 1.21 bits per heavy atom. The van der Waals surface area contributed by atoms with Gasteiger partial charge in [0.1, 0.15) is 5.60 Å². The summed E-state index contributed by atoms with van der Waals surface area (Å²) in [4.78, 5) is 13.7. The van der Waals surface area contributed by atoms with Gasteiger partial charge in [0.15, 0.2) is 0 Å². The zero-order valence-electron chi connectivity index (χ0n) is 23.5. The quantitative estimate of drug-likeness (QED) is 0.170. The first kappa shape index (κ1) is 29.8. The number of unbranched alkanes of at least 4 members (excludes halogenated alkanes) is 3. The molecule has 204 valence electrons. The molecule has 0 aliphatic carbocycles. The summed E-state index contributed by atoms with van der Waals surface area (Å²) in [6, 6.07) is 32.7. The number of carbonyl (C=O) groups excluding carboxylic acids is 1. The van der Waals surface area contributed by atoms with Crippen molar-refractivity contribution in [2.75, 3.05) is 32.4 Å². The molecular weight excluding hydrogens is 488 g/mol. The predicted molar refractivity (Wildman–Crippen MR) is 162 cm³/mol. The number of hydrogen-bond acceptors (Lipinski definition) is 4. The monoisotopic (exact) mass is 532 g/mol. The van der Waals surface area contributed by atoms with E-state index in [1.54, 1.807) is 11.9 Å². The van der Waals surface area contributed by atoms with Crippen LogP contribution >= 0.6 is 11.8 Å². The first-order valence-electron chi connectivity index (χ1n) is 13.8. The zero-order valence-corrected chi connectivity index (χ0v) is 24.3. The maximum Gasteiger partial charge on any atom is 0.410 e. The molecule has 1 N–H and O–H groups in total. The number of ether oxygens (including phenoxy) is 1. The second-order valence-electron chi connectivity index (χ2n) is 10.7. The minimum atomic E-state index is -0.458. The lowest BCUT2D eigenvalue weighted by molar-refractivity contribution is 0.0300. The number of thioether (sulfide) groups is 1. The number of nitrogens with zero attached hydrogens (tertiary/aromatic N) is 1. The van der Waals surface area contributed by atoms with E-state index < -0.39 is 5.60 Å². The topological polar surface area (TPSA) is 41.6 Å². The van der Waals surface area contributed by atoms with Crippen LogP contribution in [0.5, 0.6) is 0 Å². The van der Waals surface area contributed by atoms with E-state index in [0.717, 1.165) is 25.3 Å². The van der Waals surface area contributed by atoms with Crippen molar-refractivity contribution >= 4 is 17.9 Å². The molecule has 0 aromatic heterocycles. The summed E-state index contributed by atoms with van der Waals surface area (Å²) in [5.41, 5.74) is 3.51. The van der Waals surface area contributed by atoms with Gasteiger partial charge in [0.25, 0.3) is 0 Å². The van der Waals surface area contributed by atoms with Crippen LogP contribution in [0.1, 0.15) is 63.1 Å². The normalized spacial score (nSPS) is 11.8. The number of carbonyl (C=O) groups is 1. The first-order chi connectivity index (χ1) is 18.3. The molecule has 0 saturated heterocycles. The molecule has 0 spiro atoms. The van der Waals surface area contributed by atoms with Crippen LogP contribution in [-0.4, -0.2) is 49.0 Å². The van der Waals surface area contributed by atoms with Gasteiger partial charge in [0, 0.05) is 20.1 Å². The van der Waals surface area contributed by atoms with E-state index in [4.69, 9.17) is 4.74 Å². The van der Waals surface area contributed by atoms with Crippen molar-refractivity contribution in [2.24, 2.45) is 0 Å². The van der Waals surface area contributed by atoms with E-state index in [1.807, 2.05) is 32.5 Å². The van der Waals surface area contributed by atoms with Gasteiger partial charge in [-0.15, -0.1) is 11.8 Å². The van der Waals surface area contributed by atoms with Crippen molar-refractivity contribution in [1.82, 2.24) is 10.2 Å². The van der Waals surface area contributed by atoms with Crippen molar-refractivity contribution in [3.8, 4) is 0 Å². The average Bonchev–Trinajstić information content (AvgIpc) is 2.92. The van der Waals surface area contributed by atoms with Gasteiger partial charge in [-0.25, -0.2) is 4.79 Å². The maximum absolute atomic E-state index is 12.0. The van der Waals surface area contributed by atoms with Gasteiger partial charge in [-0.3, -0.25) is 0 Å². The smallest absolute Gasteiger partial charge is 0.410 e. The highest BCUT2D eigenvalue weighted by Crippen LogP contribution is 2.48. The molecular formula is C33H44N2O2S. The Morgan fingerprint density at radius 1 is 0.737 bits per heavy atom. The van der Waals surface area contributed by atoms with Gasteiger partial charge in [-0.05, 0) is 62.6 Å². The summed E-state index contributed by atoms with van der Waals surface area (Å²) in [5.74, 6) is 1.09. The molecule has 1 amide bonds. The Kier molecular flexibility index (Phi) is 11.8. The Balaban J connectivity index is 1.48. The molecule has 3 aromatic rings. The van der Waals surface area contributed by atoms with E-state index in [2.05, 4.69) is 96.3 Å². The van der Waals surface area contributed by atoms with Crippen LogP contribution in [0.2, 0.25) is 0 Å². The number of rotatable bonds is 14.